The van der Waals surface area contributed by atoms with E-state index in [9.17, 15) is 9.59 Å². The number of ether oxygens (including phenoxy) is 1. The van der Waals surface area contributed by atoms with Gasteiger partial charge >= 0.3 is 6.03 Å². The van der Waals surface area contributed by atoms with Gasteiger partial charge in [0.15, 0.2) is 0 Å². The molecular weight excluding hydrogens is 306 g/mol. The minimum absolute atomic E-state index is 0.139. The van der Waals surface area contributed by atoms with E-state index in [1.54, 1.807) is 36.1 Å². The average Bonchev–Trinajstić information content (AvgIpc) is 2.54. The maximum absolute atomic E-state index is 12.5. The van der Waals surface area contributed by atoms with Crippen LogP contribution in [0.2, 0.25) is 0 Å². The summed E-state index contributed by atoms with van der Waals surface area (Å²) in [6.45, 7) is 10.5. The molecule has 2 N–H and O–H groups in total. The van der Waals surface area contributed by atoms with Gasteiger partial charge in [0.1, 0.15) is 6.10 Å². The van der Waals surface area contributed by atoms with Gasteiger partial charge in [0.25, 0.3) is 5.91 Å². The van der Waals surface area contributed by atoms with E-state index in [-0.39, 0.29) is 18.0 Å². The standard InChI is InChI=1S/C18H29N3O3/c1-7-21(13(4)12(2)3)18(23)20-16-10-8-9-15(11-16)19-17(22)14(5)24-6/h8-14H,7H2,1-6H3,(H,19,22)(H,20,23). The van der Waals surface area contributed by atoms with E-state index >= 15 is 0 Å². The van der Waals surface area contributed by atoms with Gasteiger partial charge in [0.05, 0.1) is 0 Å². The number of amides is 3. The number of methoxy groups -OCH3 is 1. The Labute approximate surface area is 144 Å². The quantitative estimate of drug-likeness (QED) is 0.800. The van der Waals surface area contributed by atoms with Crippen LogP contribution in [-0.4, -0.2) is 42.6 Å². The molecule has 0 heterocycles. The van der Waals surface area contributed by atoms with Crippen LogP contribution in [-0.2, 0) is 9.53 Å². The van der Waals surface area contributed by atoms with E-state index in [0.717, 1.165) is 0 Å². The number of anilines is 2. The third kappa shape index (κ3) is 5.53. The van der Waals surface area contributed by atoms with Gasteiger partial charge in [-0.05, 0) is 44.9 Å². The van der Waals surface area contributed by atoms with Gasteiger partial charge in [-0.1, -0.05) is 19.9 Å². The highest BCUT2D eigenvalue weighted by molar-refractivity contribution is 5.95. The van der Waals surface area contributed by atoms with Gasteiger partial charge in [0.2, 0.25) is 0 Å². The SMILES string of the molecule is CCN(C(=O)Nc1cccc(NC(=O)C(C)OC)c1)C(C)C(C)C. The highest BCUT2D eigenvalue weighted by atomic mass is 16.5. The molecule has 0 saturated heterocycles. The van der Waals surface area contributed by atoms with Crippen LogP contribution in [0.1, 0.15) is 34.6 Å². The summed E-state index contributed by atoms with van der Waals surface area (Å²) in [6, 6.07) is 7.07. The van der Waals surface area contributed by atoms with Crippen molar-refractivity contribution < 1.29 is 14.3 Å². The first-order chi connectivity index (χ1) is 11.3. The summed E-state index contributed by atoms with van der Waals surface area (Å²) in [6.07, 6.45) is -0.536. The van der Waals surface area contributed by atoms with E-state index in [1.165, 1.54) is 7.11 Å². The minimum Gasteiger partial charge on any atom is -0.372 e. The highest BCUT2D eigenvalue weighted by Gasteiger charge is 2.21. The van der Waals surface area contributed by atoms with E-state index in [0.29, 0.717) is 23.8 Å². The van der Waals surface area contributed by atoms with Gasteiger partial charge in [-0.25, -0.2) is 4.79 Å². The summed E-state index contributed by atoms with van der Waals surface area (Å²) in [7, 11) is 1.48. The lowest BCUT2D eigenvalue weighted by Gasteiger charge is -2.31. The zero-order valence-corrected chi connectivity index (χ0v) is 15.4. The molecule has 2 unspecified atom stereocenters. The summed E-state index contributed by atoms with van der Waals surface area (Å²) in [5.74, 6) is 0.140. The molecule has 6 heteroatoms. The molecule has 0 aliphatic rings. The van der Waals surface area contributed by atoms with Crippen LogP contribution in [0.5, 0.6) is 0 Å². The molecule has 2 atom stereocenters. The third-order valence-corrected chi connectivity index (χ3v) is 4.16. The van der Waals surface area contributed by atoms with Crippen molar-refractivity contribution in [2.24, 2.45) is 5.92 Å². The van der Waals surface area contributed by atoms with Crippen LogP contribution in [0.4, 0.5) is 16.2 Å². The molecule has 0 aliphatic carbocycles. The van der Waals surface area contributed by atoms with Crippen LogP contribution >= 0.6 is 0 Å². The summed E-state index contributed by atoms with van der Waals surface area (Å²) < 4.78 is 4.99. The number of hydrogen-bond donors (Lipinski definition) is 2. The Morgan fingerprint density at radius 1 is 1.12 bits per heavy atom. The number of rotatable bonds is 7. The molecule has 0 spiro atoms. The first-order valence-corrected chi connectivity index (χ1v) is 8.31. The number of carbonyl (C=O) groups excluding carboxylic acids is 2. The van der Waals surface area contributed by atoms with Crippen molar-refractivity contribution in [1.82, 2.24) is 4.90 Å². The third-order valence-electron chi connectivity index (χ3n) is 4.16. The molecule has 0 saturated carbocycles. The van der Waals surface area contributed by atoms with Crippen molar-refractivity contribution in [2.75, 3.05) is 24.3 Å². The second-order valence-electron chi connectivity index (χ2n) is 6.15. The van der Waals surface area contributed by atoms with Crippen molar-refractivity contribution in [1.29, 1.82) is 0 Å². The van der Waals surface area contributed by atoms with Gasteiger partial charge in [-0.2, -0.15) is 0 Å². The molecule has 1 aromatic carbocycles. The number of benzene rings is 1. The molecule has 1 rings (SSSR count). The van der Waals surface area contributed by atoms with Crippen molar-refractivity contribution in [2.45, 2.75) is 46.8 Å². The highest BCUT2D eigenvalue weighted by Crippen LogP contribution is 2.18. The Bertz CT molecular complexity index is 560. The average molecular weight is 335 g/mol. The lowest BCUT2D eigenvalue weighted by atomic mass is 10.1. The zero-order valence-electron chi connectivity index (χ0n) is 15.4. The second-order valence-corrected chi connectivity index (χ2v) is 6.15. The van der Waals surface area contributed by atoms with E-state index in [4.69, 9.17) is 4.74 Å². The maximum atomic E-state index is 12.5. The topological polar surface area (TPSA) is 70.7 Å². The summed E-state index contributed by atoms with van der Waals surface area (Å²) >= 11 is 0. The fraction of sp³-hybridized carbons (Fsp3) is 0.556. The minimum atomic E-state index is -0.536. The van der Waals surface area contributed by atoms with Crippen LogP contribution in [0.15, 0.2) is 24.3 Å². The predicted molar refractivity (Wildman–Crippen MR) is 97.2 cm³/mol. The number of hydrogen-bond acceptors (Lipinski definition) is 3. The monoisotopic (exact) mass is 335 g/mol. The Balaban J connectivity index is 2.79. The number of carbonyl (C=O) groups is 2. The van der Waals surface area contributed by atoms with E-state index in [1.807, 2.05) is 13.8 Å². The fourth-order valence-corrected chi connectivity index (χ4v) is 2.20. The van der Waals surface area contributed by atoms with Gasteiger partial charge in [-0.3, -0.25) is 4.79 Å². The van der Waals surface area contributed by atoms with E-state index in [2.05, 4.69) is 24.5 Å². The lowest BCUT2D eigenvalue weighted by molar-refractivity contribution is -0.124. The van der Waals surface area contributed by atoms with Crippen LogP contribution in [0.3, 0.4) is 0 Å². The van der Waals surface area contributed by atoms with Gasteiger partial charge in [-0.15, -0.1) is 0 Å². The van der Waals surface area contributed by atoms with E-state index < -0.39 is 6.10 Å². The predicted octanol–water partition coefficient (Wildman–Crippen LogP) is 3.56. The van der Waals surface area contributed by atoms with Crippen LogP contribution in [0.25, 0.3) is 0 Å². The van der Waals surface area contributed by atoms with Crippen molar-refractivity contribution in [3.63, 3.8) is 0 Å². The first kappa shape index (κ1) is 20.0. The van der Waals surface area contributed by atoms with Crippen LogP contribution in [0, 0.1) is 5.92 Å². The normalized spacial score (nSPS) is 13.3. The fourth-order valence-electron chi connectivity index (χ4n) is 2.20. The lowest BCUT2D eigenvalue weighted by Crippen LogP contribution is -2.43. The molecule has 0 bridgehead atoms. The van der Waals surface area contributed by atoms with Gasteiger partial charge in [0, 0.05) is 31.1 Å². The first-order valence-electron chi connectivity index (χ1n) is 8.31. The maximum Gasteiger partial charge on any atom is 0.322 e. The molecule has 1 aromatic rings. The zero-order chi connectivity index (χ0) is 18.3. The molecule has 0 radical (unpaired) electrons. The number of urea groups is 1. The molecule has 3 amide bonds. The largest absolute Gasteiger partial charge is 0.372 e. The Morgan fingerprint density at radius 2 is 1.71 bits per heavy atom. The molecule has 0 aliphatic heterocycles. The summed E-state index contributed by atoms with van der Waals surface area (Å²) in [5, 5.41) is 5.65. The number of nitrogens with zero attached hydrogens (tertiary/aromatic N) is 1. The molecular formula is C18H29N3O3. The number of nitrogens with one attached hydrogen (secondary N) is 2. The Hall–Kier alpha value is -2.08. The molecule has 0 aromatic heterocycles. The molecule has 0 fully saturated rings. The summed E-state index contributed by atoms with van der Waals surface area (Å²) in [5.41, 5.74) is 1.25. The Morgan fingerprint density at radius 3 is 2.21 bits per heavy atom. The Kier molecular flexibility index (Phi) is 7.71. The molecule has 24 heavy (non-hydrogen) atoms. The second kappa shape index (κ2) is 9.27. The van der Waals surface area contributed by atoms with Crippen molar-refractivity contribution >= 4 is 23.3 Å². The molecule has 6 nitrogen and oxygen atoms in total. The smallest absolute Gasteiger partial charge is 0.322 e. The van der Waals surface area contributed by atoms with Crippen LogP contribution < -0.4 is 10.6 Å². The molecule has 134 valence electrons. The van der Waals surface area contributed by atoms with Crippen molar-refractivity contribution in [3.05, 3.63) is 24.3 Å². The van der Waals surface area contributed by atoms with Crippen molar-refractivity contribution in [3.8, 4) is 0 Å². The van der Waals surface area contributed by atoms with Gasteiger partial charge < -0.3 is 20.3 Å². The summed E-state index contributed by atoms with van der Waals surface area (Å²) in [4.78, 5) is 26.1.